The van der Waals surface area contributed by atoms with E-state index in [1.165, 1.54) is 5.56 Å². The van der Waals surface area contributed by atoms with Gasteiger partial charge in [0.2, 0.25) is 5.91 Å². The Labute approximate surface area is 102 Å². The van der Waals surface area contributed by atoms with E-state index in [4.69, 9.17) is 5.11 Å². The van der Waals surface area contributed by atoms with Gasteiger partial charge in [0.15, 0.2) is 0 Å². The molecule has 17 heavy (non-hydrogen) atoms. The molecule has 2 rings (SSSR count). The Kier molecular flexibility index (Phi) is 3.79. The van der Waals surface area contributed by atoms with Crippen LogP contribution in [0.3, 0.4) is 0 Å². The van der Waals surface area contributed by atoms with Crippen molar-refractivity contribution in [3.05, 3.63) is 35.9 Å². The summed E-state index contributed by atoms with van der Waals surface area (Å²) in [6.07, 6.45) is 0.949. The Morgan fingerprint density at radius 3 is 2.71 bits per heavy atom. The highest BCUT2D eigenvalue weighted by atomic mass is 16.3. The molecule has 0 bridgehead atoms. The van der Waals surface area contributed by atoms with Gasteiger partial charge in [-0.25, -0.2) is 0 Å². The fraction of sp³-hybridized carbons (Fsp3) is 0.500. The smallest absolute Gasteiger partial charge is 0.226 e. The summed E-state index contributed by atoms with van der Waals surface area (Å²) in [6.45, 7) is 3.13. The van der Waals surface area contributed by atoms with E-state index in [0.29, 0.717) is 19.0 Å². The minimum Gasteiger partial charge on any atom is -0.395 e. The SMILES string of the molecule is CCN(CCO)C(=O)C1CC1c1ccccc1. The summed E-state index contributed by atoms with van der Waals surface area (Å²) in [7, 11) is 0. The molecule has 2 atom stereocenters. The predicted molar refractivity (Wildman–Crippen MR) is 66.6 cm³/mol. The van der Waals surface area contributed by atoms with Gasteiger partial charge in [-0.3, -0.25) is 4.79 Å². The number of hydrogen-bond donors (Lipinski definition) is 1. The van der Waals surface area contributed by atoms with E-state index in [1.807, 2.05) is 25.1 Å². The first kappa shape index (κ1) is 12.1. The van der Waals surface area contributed by atoms with E-state index in [2.05, 4.69) is 12.1 Å². The number of likely N-dealkylation sites (N-methyl/N-ethyl adjacent to an activating group) is 1. The minimum absolute atomic E-state index is 0.0440. The van der Waals surface area contributed by atoms with E-state index >= 15 is 0 Å². The highest BCUT2D eigenvalue weighted by molar-refractivity contribution is 5.83. The molecule has 1 N–H and O–H groups in total. The maximum absolute atomic E-state index is 12.1. The number of carbonyl (C=O) groups excluding carboxylic acids is 1. The van der Waals surface area contributed by atoms with Gasteiger partial charge in [0.1, 0.15) is 0 Å². The average Bonchev–Trinajstić information content (AvgIpc) is 3.16. The van der Waals surface area contributed by atoms with Crippen LogP contribution in [0.5, 0.6) is 0 Å². The van der Waals surface area contributed by atoms with Gasteiger partial charge in [0, 0.05) is 19.0 Å². The lowest BCUT2D eigenvalue weighted by Crippen LogP contribution is -2.34. The van der Waals surface area contributed by atoms with E-state index in [-0.39, 0.29) is 18.4 Å². The van der Waals surface area contributed by atoms with Crippen LogP contribution in [0.25, 0.3) is 0 Å². The topological polar surface area (TPSA) is 40.5 Å². The van der Waals surface area contributed by atoms with E-state index in [9.17, 15) is 4.79 Å². The molecule has 0 saturated heterocycles. The highest BCUT2D eigenvalue weighted by Crippen LogP contribution is 2.48. The molecule has 92 valence electrons. The third kappa shape index (κ3) is 2.67. The standard InChI is InChI=1S/C14H19NO2/c1-2-15(8-9-16)14(17)13-10-12(13)11-6-4-3-5-7-11/h3-7,12-13,16H,2,8-10H2,1H3. The third-order valence-corrected chi connectivity index (χ3v) is 3.40. The second-order valence-electron chi connectivity index (χ2n) is 4.50. The van der Waals surface area contributed by atoms with E-state index in [1.54, 1.807) is 4.90 Å². The van der Waals surface area contributed by atoms with Gasteiger partial charge < -0.3 is 10.0 Å². The van der Waals surface area contributed by atoms with Crippen LogP contribution in [-0.4, -0.2) is 35.6 Å². The molecule has 1 aromatic carbocycles. The second-order valence-corrected chi connectivity index (χ2v) is 4.50. The van der Waals surface area contributed by atoms with Gasteiger partial charge in [-0.1, -0.05) is 30.3 Å². The van der Waals surface area contributed by atoms with Crippen LogP contribution in [-0.2, 0) is 4.79 Å². The number of benzene rings is 1. The summed E-state index contributed by atoms with van der Waals surface area (Å²) in [4.78, 5) is 13.9. The normalized spacial score (nSPS) is 22.2. The van der Waals surface area contributed by atoms with Crippen LogP contribution >= 0.6 is 0 Å². The van der Waals surface area contributed by atoms with Crippen molar-refractivity contribution in [2.75, 3.05) is 19.7 Å². The fourth-order valence-electron chi connectivity index (χ4n) is 2.32. The van der Waals surface area contributed by atoms with Gasteiger partial charge in [-0.15, -0.1) is 0 Å². The Bertz CT molecular complexity index is 377. The molecule has 1 aromatic rings. The van der Waals surface area contributed by atoms with Gasteiger partial charge in [0.25, 0.3) is 0 Å². The molecule has 3 heteroatoms. The van der Waals surface area contributed by atoms with Crippen LogP contribution in [0.2, 0.25) is 0 Å². The van der Waals surface area contributed by atoms with Crippen LogP contribution < -0.4 is 0 Å². The molecule has 1 amide bonds. The molecule has 3 nitrogen and oxygen atoms in total. The molecule has 0 aromatic heterocycles. The zero-order chi connectivity index (χ0) is 12.3. The molecule has 1 fully saturated rings. The molecule has 1 saturated carbocycles. The monoisotopic (exact) mass is 233 g/mol. The summed E-state index contributed by atoms with van der Waals surface area (Å²) in [5.74, 6) is 0.704. The summed E-state index contributed by atoms with van der Waals surface area (Å²) >= 11 is 0. The number of carbonyl (C=O) groups is 1. The molecular weight excluding hydrogens is 214 g/mol. The van der Waals surface area contributed by atoms with Gasteiger partial charge >= 0.3 is 0 Å². The fourth-order valence-corrected chi connectivity index (χ4v) is 2.32. The first-order valence-electron chi connectivity index (χ1n) is 6.22. The maximum atomic E-state index is 12.1. The molecule has 1 aliphatic rings. The zero-order valence-corrected chi connectivity index (χ0v) is 10.2. The van der Waals surface area contributed by atoms with Crippen molar-refractivity contribution < 1.29 is 9.90 Å². The molecule has 1 aliphatic carbocycles. The van der Waals surface area contributed by atoms with Crippen LogP contribution in [0.15, 0.2) is 30.3 Å². The summed E-state index contributed by atoms with van der Waals surface area (Å²) < 4.78 is 0. The molecular formula is C14H19NO2. The molecule has 0 spiro atoms. The lowest BCUT2D eigenvalue weighted by Gasteiger charge is -2.19. The first-order chi connectivity index (χ1) is 8.27. The molecule has 0 radical (unpaired) electrons. The molecule has 0 heterocycles. The quantitative estimate of drug-likeness (QED) is 0.839. The number of hydrogen-bond acceptors (Lipinski definition) is 2. The van der Waals surface area contributed by atoms with E-state index in [0.717, 1.165) is 6.42 Å². The highest BCUT2D eigenvalue weighted by Gasteiger charge is 2.45. The number of nitrogens with zero attached hydrogens (tertiary/aromatic N) is 1. The van der Waals surface area contributed by atoms with Crippen molar-refractivity contribution in [1.29, 1.82) is 0 Å². The largest absolute Gasteiger partial charge is 0.395 e. The predicted octanol–water partition coefficient (Wildman–Crippen LogP) is 1.63. The minimum atomic E-state index is 0.0440. The lowest BCUT2D eigenvalue weighted by atomic mass is 10.1. The van der Waals surface area contributed by atoms with Crippen molar-refractivity contribution in [1.82, 2.24) is 4.90 Å². The first-order valence-corrected chi connectivity index (χ1v) is 6.22. The lowest BCUT2D eigenvalue weighted by molar-refractivity contribution is -0.133. The summed E-state index contributed by atoms with van der Waals surface area (Å²) in [5, 5.41) is 8.91. The number of rotatable bonds is 5. The Balaban J connectivity index is 1.96. The molecule has 0 aliphatic heterocycles. The zero-order valence-electron chi connectivity index (χ0n) is 10.2. The van der Waals surface area contributed by atoms with Gasteiger partial charge in [0.05, 0.1) is 6.61 Å². The van der Waals surface area contributed by atoms with E-state index < -0.39 is 0 Å². The Morgan fingerprint density at radius 2 is 2.12 bits per heavy atom. The van der Waals surface area contributed by atoms with Crippen LogP contribution in [0.1, 0.15) is 24.8 Å². The van der Waals surface area contributed by atoms with Crippen LogP contribution in [0.4, 0.5) is 0 Å². The van der Waals surface area contributed by atoms with Crippen molar-refractivity contribution in [3.63, 3.8) is 0 Å². The summed E-state index contributed by atoms with van der Waals surface area (Å²) in [6, 6.07) is 10.2. The maximum Gasteiger partial charge on any atom is 0.226 e. The van der Waals surface area contributed by atoms with Crippen molar-refractivity contribution >= 4 is 5.91 Å². The number of amides is 1. The van der Waals surface area contributed by atoms with Gasteiger partial charge in [-0.05, 0) is 24.8 Å². The average molecular weight is 233 g/mol. The number of aliphatic hydroxyl groups excluding tert-OH is 1. The Morgan fingerprint density at radius 1 is 1.41 bits per heavy atom. The number of aliphatic hydroxyl groups is 1. The van der Waals surface area contributed by atoms with Crippen molar-refractivity contribution in [2.45, 2.75) is 19.3 Å². The van der Waals surface area contributed by atoms with Crippen LogP contribution in [0, 0.1) is 5.92 Å². The Hall–Kier alpha value is -1.35. The second kappa shape index (κ2) is 5.32. The summed E-state index contributed by atoms with van der Waals surface area (Å²) in [5.41, 5.74) is 1.26. The van der Waals surface area contributed by atoms with Gasteiger partial charge in [-0.2, -0.15) is 0 Å². The van der Waals surface area contributed by atoms with Crippen molar-refractivity contribution in [3.8, 4) is 0 Å². The third-order valence-electron chi connectivity index (χ3n) is 3.40. The molecule has 2 unspecified atom stereocenters. The van der Waals surface area contributed by atoms with Crippen molar-refractivity contribution in [2.24, 2.45) is 5.92 Å².